The Morgan fingerprint density at radius 1 is 0.818 bits per heavy atom. The standard InChI is InChI=1S/C29H28BN2O/c1-19-11-9-15-23-25(19)30-26-22(14-10-16-24(26)33-23)32(20-12-7-6-8-13-20)27-21(29(2,3)4)17-18-31(5)28(27)30/h6-18H,1-5H3/q+1. The summed E-state index contributed by atoms with van der Waals surface area (Å²) in [7, 11) is 2.18. The van der Waals surface area contributed by atoms with Crippen LogP contribution < -0.4 is 30.7 Å². The summed E-state index contributed by atoms with van der Waals surface area (Å²) in [5, 5.41) is 0. The molecule has 6 rings (SSSR count). The van der Waals surface area contributed by atoms with Crippen LogP contribution in [0.1, 0.15) is 31.9 Å². The number of pyridine rings is 1. The molecule has 162 valence electrons. The quantitative estimate of drug-likeness (QED) is 0.281. The van der Waals surface area contributed by atoms with Gasteiger partial charge in [0.15, 0.2) is 11.8 Å². The highest BCUT2D eigenvalue weighted by atomic mass is 16.5. The average molecular weight is 431 g/mol. The minimum atomic E-state index is -0.0137. The van der Waals surface area contributed by atoms with Crippen molar-refractivity contribution in [3.63, 3.8) is 0 Å². The van der Waals surface area contributed by atoms with Crippen molar-refractivity contribution in [3.05, 3.63) is 90.1 Å². The van der Waals surface area contributed by atoms with E-state index in [1.807, 2.05) is 0 Å². The summed E-state index contributed by atoms with van der Waals surface area (Å²) in [6.07, 6.45) is 2.23. The number of hydrogen-bond donors (Lipinski definition) is 0. The fraction of sp³-hybridized carbons (Fsp3) is 0.207. The molecule has 0 N–H and O–H groups in total. The van der Waals surface area contributed by atoms with Crippen molar-refractivity contribution in [1.29, 1.82) is 0 Å². The van der Waals surface area contributed by atoms with Crippen molar-refractivity contribution < 1.29 is 9.30 Å². The van der Waals surface area contributed by atoms with E-state index in [9.17, 15) is 0 Å². The van der Waals surface area contributed by atoms with Crippen molar-refractivity contribution in [1.82, 2.24) is 0 Å². The fourth-order valence-corrected chi connectivity index (χ4v) is 5.55. The molecular formula is C29H28BN2O+. The lowest BCUT2D eigenvalue weighted by molar-refractivity contribution is -0.653. The Morgan fingerprint density at radius 2 is 1.52 bits per heavy atom. The van der Waals surface area contributed by atoms with Gasteiger partial charge in [-0.25, -0.2) is 4.57 Å². The monoisotopic (exact) mass is 431 g/mol. The predicted octanol–water partition coefficient (Wildman–Crippen LogP) is 4.52. The summed E-state index contributed by atoms with van der Waals surface area (Å²) in [5.41, 5.74) is 10.1. The van der Waals surface area contributed by atoms with E-state index in [1.54, 1.807) is 0 Å². The highest BCUT2D eigenvalue weighted by Crippen LogP contribution is 2.43. The maximum Gasteiger partial charge on any atom is 0.338 e. The molecule has 2 aliphatic heterocycles. The normalized spacial score (nSPS) is 13.7. The van der Waals surface area contributed by atoms with Gasteiger partial charge in [0.05, 0.1) is 0 Å². The SMILES string of the molecule is Cc1cccc2c1B1c3c(cccc3N(c3ccccc3)c3c(C(C)(C)C)cc[n+](C)c31)O2. The van der Waals surface area contributed by atoms with E-state index in [4.69, 9.17) is 4.74 Å². The first-order valence-corrected chi connectivity index (χ1v) is 11.6. The zero-order valence-electron chi connectivity index (χ0n) is 19.9. The first-order chi connectivity index (χ1) is 15.9. The van der Waals surface area contributed by atoms with Crippen molar-refractivity contribution >= 4 is 40.3 Å². The number of benzene rings is 3. The molecule has 0 atom stereocenters. The zero-order valence-corrected chi connectivity index (χ0v) is 19.9. The Bertz CT molecular complexity index is 1410. The summed E-state index contributed by atoms with van der Waals surface area (Å²) in [6, 6.07) is 25.9. The molecule has 4 heteroatoms. The highest BCUT2D eigenvalue weighted by molar-refractivity contribution is 6.98. The van der Waals surface area contributed by atoms with Gasteiger partial charge >= 0.3 is 6.71 Å². The second-order valence-corrected chi connectivity index (χ2v) is 10.2. The number of para-hydroxylation sites is 1. The predicted molar refractivity (Wildman–Crippen MR) is 137 cm³/mol. The largest absolute Gasteiger partial charge is 0.458 e. The van der Waals surface area contributed by atoms with Crippen LogP contribution in [-0.2, 0) is 12.5 Å². The van der Waals surface area contributed by atoms with Crippen LogP contribution >= 0.6 is 0 Å². The molecule has 0 radical (unpaired) electrons. The Kier molecular flexibility index (Phi) is 4.26. The molecule has 0 unspecified atom stereocenters. The van der Waals surface area contributed by atoms with E-state index in [-0.39, 0.29) is 12.1 Å². The lowest BCUT2D eigenvalue weighted by atomic mass is 9.34. The van der Waals surface area contributed by atoms with Gasteiger partial charge in [-0.2, -0.15) is 0 Å². The average Bonchev–Trinajstić information content (AvgIpc) is 2.79. The van der Waals surface area contributed by atoms with Gasteiger partial charge in [0.1, 0.15) is 24.2 Å². The Labute approximate surface area is 196 Å². The van der Waals surface area contributed by atoms with E-state index in [2.05, 4.69) is 123 Å². The lowest BCUT2D eigenvalue weighted by Gasteiger charge is -2.40. The van der Waals surface area contributed by atoms with E-state index < -0.39 is 0 Å². The molecule has 0 saturated carbocycles. The van der Waals surface area contributed by atoms with Crippen molar-refractivity contribution in [2.45, 2.75) is 33.1 Å². The van der Waals surface area contributed by atoms with Gasteiger partial charge in [-0.1, -0.05) is 62.7 Å². The summed E-state index contributed by atoms with van der Waals surface area (Å²) < 4.78 is 8.82. The van der Waals surface area contributed by atoms with Crippen LogP contribution in [0.5, 0.6) is 11.5 Å². The number of ether oxygens (including phenoxy) is 1. The molecule has 0 saturated heterocycles. The second-order valence-electron chi connectivity index (χ2n) is 10.2. The van der Waals surface area contributed by atoms with E-state index in [0.717, 1.165) is 17.2 Å². The minimum Gasteiger partial charge on any atom is -0.458 e. The number of rotatable bonds is 1. The Hall–Kier alpha value is -3.53. The Balaban J connectivity index is 1.79. The molecule has 0 aliphatic carbocycles. The number of aryl methyl sites for hydroxylation is 2. The molecule has 33 heavy (non-hydrogen) atoms. The smallest absolute Gasteiger partial charge is 0.338 e. The molecule has 0 spiro atoms. The third-order valence-electron chi connectivity index (χ3n) is 7.03. The molecule has 4 aromatic rings. The van der Waals surface area contributed by atoms with Gasteiger partial charge in [0.25, 0.3) is 0 Å². The maximum absolute atomic E-state index is 6.51. The van der Waals surface area contributed by atoms with E-state index in [0.29, 0.717) is 0 Å². The minimum absolute atomic E-state index is 0.0137. The second kappa shape index (κ2) is 6.98. The molecule has 3 nitrogen and oxygen atoms in total. The summed E-state index contributed by atoms with van der Waals surface area (Å²) in [4.78, 5) is 2.44. The zero-order chi connectivity index (χ0) is 22.9. The van der Waals surface area contributed by atoms with E-state index >= 15 is 0 Å². The molecule has 0 bridgehead atoms. The van der Waals surface area contributed by atoms with Gasteiger partial charge in [0.2, 0.25) is 0 Å². The Morgan fingerprint density at radius 3 is 2.24 bits per heavy atom. The number of nitrogens with zero attached hydrogens (tertiary/aromatic N) is 2. The van der Waals surface area contributed by atoms with Gasteiger partial charge in [-0.05, 0) is 53.7 Å². The number of anilines is 3. The van der Waals surface area contributed by atoms with Gasteiger partial charge in [0, 0.05) is 22.9 Å². The molecule has 0 amide bonds. The lowest BCUT2D eigenvalue weighted by Crippen LogP contribution is -2.69. The van der Waals surface area contributed by atoms with Gasteiger partial charge in [-0.3, -0.25) is 0 Å². The molecule has 3 aromatic carbocycles. The maximum atomic E-state index is 6.51. The molecule has 0 fully saturated rings. The third kappa shape index (κ3) is 2.86. The summed E-state index contributed by atoms with van der Waals surface area (Å²) in [5.74, 6) is 1.91. The van der Waals surface area contributed by atoms with Crippen molar-refractivity contribution in [3.8, 4) is 11.5 Å². The fourth-order valence-electron chi connectivity index (χ4n) is 5.55. The molecule has 2 aliphatic rings. The van der Waals surface area contributed by atoms with Gasteiger partial charge < -0.3 is 9.64 Å². The molecular weight excluding hydrogens is 403 g/mol. The summed E-state index contributed by atoms with van der Waals surface area (Å²) >= 11 is 0. The van der Waals surface area contributed by atoms with Crippen LogP contribution in [0, 0.1) is 6.92 Å². The van der Waals surface area contributed by atoms with Crippen molar-refractivity contribution in [2.75, 3.05) is 4.90 Å². The van der Waals surface area contributed by atoms with Crippen LogP contribution in [0.2, 0.25) is 0 Å². The number of fused-ring (bicyclic) bond motifs is 4. The first-order valence-electron chi connectivity index (χ1n) is 11.6. The van der Waals surface area contributed by atoms with E-state index in [1.165, 1.54) is 39.0 Å². The van der Waals surface area contributed by atoms with Crippen LogP contribution in [0.3, 0.4) is 0 Å². The number of hydrogen-bond acceptors (Lipinski definition) is 2. The molecule has 1 aromatic heterocycles. The highest BCUT2D eigenvalue weighted by Gasteiger charge is 2.49. The topological polar surface area (TPSA) is 16.4 Å². The molecule has 3 heterocycles. The first kappa shape index (κ1) is 20.1. The van der Waals surface area contributed by atoms with Gasteiger partial charge in [-0.15, -0.1) is 0 Å². The van der Waals surface area contributed by atoms with Crippen LogP contribution in [0.4, 0.5) is 17.1 Å². The van der Waals surface area contributed by atoms with Crippen LogP contribution in [0.15, 0.2) is 79.0 Å². The number of aromatic nitrogens is 1. The third-order valence-corrected chi connectivity index (χ3v) is 7.03. The van der Waals surface area contributed by atoms with Crippen molar-refractivity contribution in [2.24, 2.45) is 7.05 Å². The van der Waals surface area contributed by atoms with Crippen LogP contribution in [0.25, 0.3) is 0 Å². The summed E-state index contributed by atoms with van der Waals surface area (Å²) in [6.45, 7) is 9.23. The van der Waals surface area contributed by atoms with Crippen LogP contribution in [-0.4, -0.2) is 6.71 Å².